The first kappa shape index (κ1) is 13.1. The number of nitrogens with zero attached hydrogens (tertiary/aromatic N) is 2. The van der Waals surface area contributed by atoms with Gasteiger partial charge in [0, 0.05) is 31.3 Å². The monoisotopic (exact) mass is 223 g/mol. The van der Waals surface area contributed by atoms with E-state index in [1.54, 1.807) is 6.20 Å². The second-order valence-electron chi connectivity index (χ2n) is 4.52. The molecule has 0 radical (unpaired) electrons. The Labute approximate surface area is 97.1 Å². The summed E-state index contributed by atoms with van der Waals surface area (Å²) in [5.74, 6) is 0.791. The average molecular weight is 223 g/mol. The van der Waals surface area contributed by atoms with E-state index in [0.29, 0.717) is 0 Å². The fraction of sp³-hybridized carbons (Fsp3) is 0.667. The second kappa shape index (κ2) is 5.92. The molecule has 0 bridgehead atoms. The normalized spacial score (nSPS) is 14.8. The molecule has 1 aromatic heterocycles. The van der Waals surface area contributed by atoms with Crippen molar-refractivity contribution in [3.05, 3.63) is 23.8 Å². The van der Waals surface area contributed by atoms with Crippen LogP contribution in [0.4, 0.5) is 0 Å². The third-order valence-electron chi connectivity index (χ3n) is 2.93. The van der Waals surface area contributed by atoms with Gasteiger partial charge in [0.05, 0.1) is 5.69 Å². The van der Waals surface area contributed by atoms with Crippen LogP contribution >= 0.6 is 0 Å². The molecule has 1 atom stereocenters. The van der Waals surface area contributed by atoms with Crippen LogP contribution in [0.1, 0.15) is 31.8 Å². The summed E-state index contributed by atoms with van der Waals surface area (Å²) in [6.45, 7) is 7.77. The minimum atomic E-state index is -0.0396. The van der Waals surface area contributed by atoms with E-state index >= 15 is 0 Å². The zero-order valence-corrected chi connectivity index (χ0v) is 10.3. The van der Waals surface area contributed by atoms with Crippen molar-refractivity contribution in [3.8, 4) is 0 Å². The van der Waals surface area contributed by atoms with Crippen molar-refractivity contribution in [2.45, 2.75) is 33.7 Å². The third kappa shape index (κ3) is 3.87. The van der Waals surface area contributed by atoms with E-state index in [-0.39, 0.29) is 12.0 Å². The van der Waals surface area contributed by atoms with Crippen LogP contribution in [-0.4, -0.2) is 28.2 Å². The van der Waals surface area contributed by atoms with Gasteiger partial charge in [0.25, 0.3) is 0 Å². The fourth-order valence-corrected chi connectivity index (χ4v) is 1.39. The standard InChI is InChI=1S/C12H21N3O/c1-4-12(3,9-16)8-13-7-11-5-6-14-10(2)15-11/h5-6,13,16H,4,7-9H2,1-3H3. The number of hydrogen-bond donors (Lipinski definition) is 2. The first-order valence-corrected chi connectivity index (χ1v) is 5.70. The SMILES string of the molecule is CCC(C)(CO)CNCc1ccnc(C)n1. The average Bonchev–Trinajstić information content (AvgIpc) is 2.29. The zero-order valence-electron chi connectivity index (χ0n) is 10.3. The maximum absolute atomic E-state index is 9.26. The summed E-state index contributed by atoms with van der Waals surface area (Å²) in [6.07, 6.45) is 2.73. The molecule has 90 valence electrons. The molecule has 1 unspecified atom stereocenters. The molecule has 4 nitrogen and oxygen atoms in total. The minimum Gasteiger partial charge on any atom is -0.396 e. The Morgan fingerprint density at radius 3 is 2.81 bits per heavy atom. The van der Waals surface area contributed by atoms with Crippen LogP contribution in [0, 0.1) is 12.3 Å². The third-order valence-corrected chi connectivity index (χ3v) is 2.93. The highest BCUT2D eigenvalue weighted by Crippen LogP contribution is 2.18. The van der Waals surface area contributed by atoms with Gasteiger partial charge in [-0.05, 0) is 19.4 Å². The molecule has 0 aromatic carbocycles. The van der Waals surface area contributed by atoms with Gasteiger partial charge in [-0.1, -0.05) is 13.8 Å². The predicted molar refractivity (Wildman–Crippen MR) is 64.0 cm³/mol. The number of nitrogens with one attached hydrogen (secondary N) is 1. The van der Waals surface area contributed by atoms with Gasteiger partial charge in [-0.3, -0.25) is 0 Å². The van der Waals surface area contributed by atoms with Gasteiger partial charge >= 0.3 is 0 Å². The number of aliphatic hydroxyl groups is 1. The topological polar surface area (TPSA) is 58.0 Å². The molecule has 4 heteroatoms. The molecule has 0 fully saturated rings. The van der Waals surface area contributed by atoms with Gasteiger partial charge in [-0.2, -0.15) is 0 Å². The first-order chi connectivity index (χ1) is 7.59. The summed E-state index contributed by atoms with van der Waals surface area (Å²) in [5.41, 5.74) is 0.950. The molecule has 1 aromatic rings. The van der Waals surface area contributed by atoms with Gasteiger partial charge in [-0.25, -0.2) is 9.97 Å². The molecule has 0 saturated carbocycles. The van der Waals surface area contributed by atoms with Crippen LogP contribution < -0.4 is 5.32 Å². The van der Waals surface area contributed by atoms with Gasteiger partial charge in [0.1, 0.15) is 5.82 Å². The van der Waals surface area contributed by atoms with E-state index in [9.17, 15) is 5.11 Å². The molecule has 0 saturated heterocycles. The number of rotatable bonds is 6. The van der Waals surface area contributed by atoms with E-state index < -0.39 is 0 Å². The number of hydrogen-bond acceptors (Lipinski definition) is 4. The van der Waals surface area contributed by atoms with Crippen molar-refractivity contribution in [2.75, 3.05) is 13.2 Å². The smallest absolute Gasteiger partial charge is 0.125 e. The van der Waals surface area contributed by atoms with E-state index in [0.717, 1.165) is 31.0 Å². The zero-order chi connectivity index (χ0) is 12.0. The van der Waals surface area contributed by atoms with Crippen LogP contribution in [0.2, 0.25) is 0 Å². The Hall–Kier alpha value is -1.00. The molecule has 1 rings (SSSR count). The van der Waals surface area contributed by atoms with Gasteiger partial charge in [0.2, 0.25) is 0 Å². The van der Waals surface area contributed by atoms with Crippen molar-refractivity contribution < 1.29 is 5.11 Å². The molecule has 0 spiro atoms. The van der Waals surface area contributed by atoms with Gasteiger partial charge < -0.3 is 10.4 Å². The molecule has 1 heterocycles. The Morgan fingerprint density at radius 1 is 1.50 bits per heavy atom. The molecule has 2 N–H and O–H groups in total. The lowest BCUT2D eigenvalue weighted by atomic mass is 9.89. The quantitative estimate of drug-likeness (QED) is 0.763. The minimum absolute atomic E-state index is 0.0396. The van der Waals surface area contributed by atoms with E-state index in [2.05, 4.69) is 29.1 Å². The maximum Gasteiger partial charge on any atom is 0.125 e. The Balaban J connectivity index is 2.41. The van der Waals surface area contributed by atoms with E-state index in [1.807, 2.05) is 13.0 Å². The maximum atomic E-state index is 9.26. The Morgan fingerprint density at radius 2 is 2.25 bits per heavy atom. The summed E-state index contributed by atoms with van der Waals surface area (Å²) >= 11 is 0. The van der Waals surface area contributed by atoms with Crippen LogP contribution in [-0.2, 0) is 6.54 Å². The number of aromatic nitrogens is 2. The summed E-state index contributed by atoms with van der Waals surface area (Å²) in [6, 6.07) is 1.90. The van der Waals surface area contributed by atoms with Crippen molar-refractivity contribution in [2.24, 2.45) is 5.41 Å². The van der Waals surface area contributed by atoms with Crippen LogP contribution in [0.3, 0.4) is 0 Å². The van der Waals surface area contributed by atoms with Crippen LogP contribution in [0.15, 0.2) is 12.3 Å². The van der Waals surface area contributed by atoms with Crippen LogP contribution in [0.5, 0.6) is 0 Å². The van der Waals surface area contributed by atoms with E-state index in [1.165, 1.54) is 0 Å². The number of aryl methyl sites for hydroxylation is 1. The second-order valence-corrected chi connectivity index (χ2v) is 4.52. The molecule has 0 aliphatic heterocycles. The van der Waals surface area contributed by atoms with Crippen molar-refractivity contribution in [3.63, 3.8) is 0 Å². The Kier molecular flexibility index (Phi) is 4.83. The molecular weight excluding hydrogens is 202 g/mol. The highest BCUT2D eigenvalue weighted by Gasteiger charge is 2.20. The molecule has 0 aliphatic carbocycles. The first-order valence-electron chi connectivity index (χ1n) is 5.70. The van der Waals surface area contributed by atoms with Gasteiger partial charge in [-0.15, -0.1) is 0 Å². The van der Waals surface area contributed by atoms with Crippen LogP contribution in [0.25, 0.3) is 0 Å². The van der Waals surface area contributed by atoms with Gasteiger partial charge in [0.15, 0.2) is 0 Å². The number of aliphatic hydroxyl groups excluding tert-OH is 1. The summed E-state index contributed by atoms with van der Waals surface area (Å²) in [5, 5.41) is 12.6. The molecule has 16 heavy (non-hydrogen) atoms. The lowest BCUT2D eigenvalue weighted by Crippen LogP contribution is -2.34. The molecule has 0 amide bonds. The lowest BCUT2D eigenvalue weighted by Gasteiger charge is -2.25. The summed E-state index contributed by atoms with van der Waals surface area (Å²) in [7, 11) is 0. The Bertz CT molecular complexity index is 324. The largest absolute Gasteiger partial charge is 0.396 e. The van der Waals surface area contributed by atoms with Crippen molar-refractivity contribution >= 4 is 0 Å². The molecular formula is C12H21N3O. The van der Waals surface area contributed by atoms with Crippen molar-refractivity contribution in [1.82, 2.24) is 15.3 Å². The summed E-state index contributed by atoms with van der Waals surface area (Å²) in [4.78, 5) is 8.36. The predicted octanol–water partition coefficient (Wildman–Crippen LogP) is 1.28. The molecule has 0 aliphatic rings. The van der Waals surface area contributed by atoms with Crippen molar-refractivity contribution in [1.29, 1.82) is 0 Å². The fourth-order valence-electron chi connectivity index (χ4n) is 1.39. The highest BCUT2D eigenvalue weighted by atomic mass is 16.3. The van der Waals surface area contributed by atoms with E-state index in [4.69, 9.17) is 0 Å². The lowest BCUT2D eigenvalue weighted by molar-refractivity contribution is 0.135. The summed E-state index contributed by atoms with van der Waals surface area (Å²) < 4.78 is 0. The highest BCUT2D eigenvalue weighted by molar-refractivity contribution is 5.01.